The first-order chi connectivity index (χ1) is 13.8. The minimum Gasteiger partial charge on any atom is -0.494 e. The molecule has 0 radical (unpaired) electrons. The van der Waals surface area contributed by atoms with Crippen LogP contribution in [0.1, 0.15) is 88.5 Å². The van der Waals surface area contributed by atoms with E-state index in [9.17, 15) is 0 Å². The number of pyridine rings is 1. The monoisotopic (exact) mass is 377 g/mol. The maximum Gasteiger partial charge on any atom is 0.119 e. The molecule has 150 valence electrons. The molecule has 0 unspecified atom stereocenters. The average molecular weight is 378 g/mol. The standard InChI is InChI=1S/C26H35NO/c1-3-5-7-8-9-10-12-24-14-18-25(27-22-24)17-13-23-15-19-26(20-16-23)28-21-11-6-4-2/h14-16,18-20,22H,3-12,21H2,1-2H3. The van der Waals surface area contributed by atoms with Crippen LogP contribution in [0.5, 0.6) is 5.75 Å². The number of aryl methyl sites for hydroxylation is 1. The number of aromatic nitrogens is 1. The lowest BCUT2D eigenvalue weighted by molar-refractivity contribution is 0.306. The largest absolute Gasteiger partial charge is 0.494 e. The zero-order valence-electron chi connectivity index (χ0n) is 17.7. The highest BCUT2D eigenvalue weighted by Gasteiger charge is 1.97. The Bertz CT molecular complexity index is 707. The van der Waals surface area contributed by atoms with Gasteiger partial charge in [-0.3, -0.25) is 0 Å². The van der Waals surface area contributed by atoms with Gasteiger partial charge in [-0.1, -0.05) is 70.8 Å². The van der Waals surface area contributed by atoms with E-state index in [-0.39, 0.29) is 0 Å². The van der Waals surface area contributed by atoms with Crippen LogP contribution in [0.15, 0.2) is 42.6 Å². The Labute approximate surface area is 171 Å². The van der Waals surface area contributed by atoms with Gasteiger partial charge in [-0.25, -0.2) is 4.98 Å². The maximum absolute atomic E-state index is 5.74. The molecule has 1 aromatic heterocycles. The predicted molar refractivity (Wildman–Crippen MR) is 119 cm³/mol. The second-order valence-electron chi connectivity index (χ2n) is 7.40. The molecule has 0 aliphatic heterocycles. The summed E-state index contributed by atoms with van der Waals surface area (Å²) in [5.41, 5.74) is 3.12. The van der Waals surface area contributed by atoms with Gasteiger partial charge in [0.2, 0.25) is 0 Å². The summed E-state index contributed by atoms with van der Waals surface area (Å²) in [6.45, 7) is 5.24. The third kappa shape index (κ3) is 9.09. The molecule has 2 heteroatoms. The smallest absolute Gasteiger partial charge is 0.119 e. The Hall–Kier alpha value is -2.27. The Morgan fingerprint density at radius 3 is 2.18 bits per heavy atom. The van der Waals surface area contributed by atoms with E-state index >= 15 is 0 Å². The molecule has 0 aliphatic rings. The zero-order chi connectivity index (χ0) is 19.9. The van der Waals surface area contributed by atoms with Gasteiger partial charge in [0.1, 0.15) is 11.4 Å². The molecule has 0 aliphatic carbocycles. The van der Waals surface area contributed by atoms with E-state index in [4.69, 9.17) is 4.74 Å². The third-order valence-corrected chi connectivity index (χ3v) is 4.85. The Kier molecular flexibility index (Phi) is 10.9. The van der Waals surface area contributed by atoms with Gasteiger partial charge in [0.05, 0.1) is 6.61 Å². The lowest BCUT2D eigenvalue weighted by Crippen LogP contribution is -1.96. The fourth-order valence-corrected chi connectivity index (χ4v) is 3.07. The predicted octanol–water partition coefficient (Wildman–Crippen LogP) is 6.95. The van der Waals surface area contributed by atoms with Crippen LogP contribution in [0.2, 0.25) is 0 Å². The fraction of sp³-hybridized carbons (Fsp3) is 0.500. The highest BCUT2D eigenvalue weighted by molar-refractivity contribution is 5.42. The van der Waals surface area contributed by atoms with Gasteiger partial charge >= 0.3 is 0 Å². The van der Waals surface area contributed by atoms with Crippen LogP contribution in [0, 0.1) is 11.8 Å². The summed E-state index contributed by atoms with van der Waals surface area (Å²) in [4.78, 5) is 4.50. The zero-order valence-corrected chi connectivity index (χ0v) is 17.7. The number of ether oxygens (including phenoxy) is 1. The third-order valence-electron chi connectivity index (χ3n) is 4.85. The van der Waals surface area contributed by atoms with Crippen LogP contribution in [0.25, 0.3) is 0 Å². The van der Waals surface area contributed by atoms with Crippen LogP contribution in [0.4, 0.5) is 0 Å². The van der Waals surface area contributed by atoms with Crippen LogP contribution in [0.3, 0.4) is 0 Å². The number of rotatable bonds is 12. The van der Waals surface area contributed by atoms with Crippen molar-refractivity contribution in [3.8, 4) is 17.6 Å². The van der Waals surface area contributed by atoms with Gasteiger partial charge in [0.25, 0.3) is 0 Å². The van der Waals surface area contributed by atoms with E-state index in [0.717, 1.165) is 36.5 Å². The normalized spacial score (nSPS) is 10.4. The first-order valence-corrected chi connectivity index (χ1v) is 11.0. The van der Waals surface area contributed by atoms with Crippen LogP contribution < -0.4 is 4.74 Å². The van der Waals surface area contributed by atoms with Crippen LogP contribution in [-0.2, 0) is 6.42 Å². The van der Waals surface area contributed by atoms with Gasteiger partial charge in [-0.2, -0.15) is 0 Å². The van der Waals surface area contributed by atoms with Crippen molar-refractivity contribution in [3.05, 3.63) is 59.4 Å². The van der Waals surface area contributed by atoms with E-state index in [1.54, 1.807) is 0 Å². The minimum atomic E-state index is 0.786. The molecule has 0 saturated heterocycles. The van der Waals surface area contributed by atoms with Gasteiger partial charge in [-0.05, 0) is 61.1 Å². The van der Waals surface area contributed by atoms with Gasteiger partial charge < -0.3 is 4.74 Å². The molecular weight excluding hydrogens is 342 g/mol. The highest BCUT2D eigenvalue weighted by atomic mass is 16.5. The molecule has 1 aromatic carbocycles. The van der Waals surface area contributed by atoms with Gasteiger partial charge in [0, 0.05) is 11.8 Å². The molecular formula is C26H35NO. The van der Waals surface area contributed by atoms with E-state index in [2.05, 4.69) is 36.7 Å². The number of nitrogens with zero attached hydrogens (tertiary/aromatic N) is 1. The molecule has 0 atom stereocenters. The molecule has 0 fully saturated rings. The molecule has 0 saturated carbocycles. The van der Waals surface area contributed by atoms with Crippen molar-refractivity contribution in [1.82, 2.24) is 4.98 Å². The van der Waals surface area contributed by atoms with Crippen molar-refractivity contribution < 1.29 is 4.74 Å². The van der Waals surface area contributed by atoms with Crippen molar-refractivity contribution in [2.75, 3.05) is 6.61 Å². The molecule has 2 rings (SSSR count). The molecule has 0 amide bonds. The molecule has 2 nitrogen and oxygen atoms in total. The Balaban J connectivity index is 1.75. The van der Waals surface area contributed by atoms with E-state index in [0.29, 0.717) is 0 Å². The topological polar surface area (TPSA) is 22.1 Å². The summed E-state index contributed by atoms with van der Waals surface area (Å²) in [5.74, 6) is 7.26. The summed E-state index contributed by atoms with van der Waals surface area (Å²) < 4.78 is 5.74. The summed E-state index contributed by atoms with van der Waals surface area (Å²) in [6.07, 6.45) is 14.6. The van der Waals surface area contributed by atoms with Crippen molar-refractivity contribution in [2.45, 2.75) is 78.1 Å². The van der Waals surface area contributed by atoms with Crippen molar-refractivity contribution >= 4 is 0 Å². The van der Waals surface area contributed by atoms with E-state index in [1.807, 2.05) is 36.5 Å². The summed E-state index contributed by atoms with van der Waals surface area (Å²) in [5, 5.41) is 0. The fourth-order valence-electron chi connectivity index (χ4n) is 3.07. The quantitative estimate of drug-likeness (QED) is 0.295. The van der Waals surface area contributed by atoms with Crippen molar-refractivity contribution in [1.29, 1.82) is 0 Å². The summed E-state index contributed by atoms with van der Waals surface area (Å²) >= 11 is 0. The van der Waals surface area contributed by atoms with E-state index < -0.39 is 0 Å². The average Bonchev–Trinajstić information content (AvgIpc) is 2.74. The SMILES string of the molecule is CCCCCCCCc1ccc(C#Cc2ccc(OCCCCC)cc2)nc1. The van der Waals surface area contributed by atoms with Gasteiger partial charge in [-0.15, -0.1) is 0 Å². The maximum atomic E-state index is 5.74. The summed E-state index contributed by atoms with van der Waals surface area (Å²) in [6, 6.07) is 12.2. The number of hydrogen-bond acceptors (Lipinski definition) is 2. The molecule has 2 aromatic rings. The second-order valence-corrected chi connectivity index (χ2v) is 7.40. The Morgan fingerprint density at radius 1 is 0.750 bits per heavy atom. The van der Waals surface area contributed by atoms with E-state index in [1.165, 1.54) is 56.9 Å². The lowest BCUT2D eigenvalue weighted by atomic mass is 10.1. The molecule has 0 spiro atoms. The van der Waals surface area contributed by atoms with Crippen LogP contribution in [-0.4, -0.2) is 11.6 Å². The first-order valence-electron chi connectivity index (χ1n) is 11.0. The number of benzene rings is 1. The molecule has 0 N–H and O–H groups in total. The van der Waals surface area contributed by atoms with Crippen molar-refractivity contribution in [3.63, 3.8) is 0 Å². The highest BCUT2D eigenvalue weighted by Crippen LogP contribution is 2.13. The lowest BCUT2D eigenvalue weighted by Gasteiger charge is -2.05. The first kappa shape index (κ1) is 22.0. The van der Waals surface area contributed by atoms with Gasteiger partial charge in [0.15, 0.2) is 0 Å². The van der Waals surface area contributed by atoms with Crippen LogP contribution >= 0.6 is 0 Å². The molecule has 0 bridgehead atoms. The number of hydrogen-bond donors (Lipinski definition) is 0. The molecule has 28 heavy (non-hydrogen) atoms. The Morgan fingerprint density at radius 2 is 1.46 bits per heavy atom. The molecule has 1 heterocycles. The van der Waals surface area contributed by atoms with Crippen molar-refractivity contribution in [2.24, 2.45) is 0 Å². The second kappa shape index (κ2) is 13.8. The summed E-state index contributed by atoms with van der Waals surface area (Å²) in [7, 11) is 0. The number of unbranched alkanes of at least 4 members (excludes halogenated alkanes) is 7. The minimum absolute atomic E-state index is 0.786.